The van der Waals surface area contributed by atoms with Crippen LogP contribution in [0, 0.1) is 16.0 Å². The van der Waals surface area contributed by atoms with Gasteiger partial charge >= 0.3 is 0 Å². The van der Waals surface area contributed by atoms with E-state index in [9.17, 15) is 14.9 Å². The normalized spacial score (nSPS) is 17.5. The van der Waals surface area contributed by atoms with Gasteiger partial charge in [-0.15, -0.1) is 24.2 Å². The lowest BCUT2D eigenvalue weighted by Crippen LogP contribution is -2.42. The number of nitrogens with zero attached hydrogens (tertiary/aromatic N) is 2. The predicted molar refractivity (Wildman–Crippen MR) is 94.7 cm³/mol. The SMILES string of the molecule is CNCC1CCCN(C(=O)c2ccc(SC)c([N+](=O)[O-])c2)C1.Cl. The second-order valence-corrected chi connectivity index (χ2v) is 6.31. The van der Waals surface area contributed by atoms with Gasteiger partial charge in [0.1, 0.15) is 0 Å². The Morgan fingerprint density at radius 2 is 2.26 bits per heavy atom. The number of nitro benzene ring substituents is 1. The number of hydrogen-bond donors (Lipinski definition) is 1. The van der Waals surface area contributed by atoms with E-state index in [1.165, 1.54) is 17.8 Å². The molecule has 1 aromatic rings. The summed E-state index contributed by atoms with van der Waals surface area (Å²) in [5.41, 5.74) is 0.400. The number of halogens is 1. The number of piperidine rings is 1. The lowest BCUT2D eigenvalue weighted by atomic mass is 9.97. The van der Waals surface area contributed by atoms with Crippen molar-refractivity contribution < 1.29 is 9.72 Å². The summed E-state index contributed by atoms with van der Waals surface area (Å²) in [5.74, 6) is 0.333. The van der Waals surface area contributed by atoms with Crippen molar-refractivity contribution in [2.24, 2.45) is 5.92 Å². The maximum atomic E-state index is 12.6. The van der Waals surface area contributed by atoms with Crippen molar-refractivity contribution in [3.05, 3.63) is 33.9 Å². The number of rotatable bonds is 5. The largest absolute Gasteiger partial charge is 0.338 e. The molecule has 128 valence electrons. The number of benzene rings is 1. The summed E-state index contributed by atoms with van der Waals surface area (Å²) in [6, 6.07) is 4.74. The van der Waals surface area contributed by atoms with Crippen molar-refractivity contribution in [3.63, 3.8) is 0 Å². The molecular formula is C15H22ClN3O3S. The zero-order valence-corrected chi connectivity index (χ0v) is 14.9. The highest BCUT2D eigenvalue weighted by atomic mass is 35.5. The van der Waals surface area contributed by atoms with Gasteiger partial charge in [0.05, 0.1) is 9.82 Å². The van der Waals surface area contributed by atoms with E-state index in [2.05, 4.69) is 5.32 Å². The number of nitrogens with one attached hydrogen (secondary N) is 1. The lowest BCUT2D eigenvalue weighted by molar-refractivity contribution is -0.387. The molecule has 1 saturated heterocycles. The zero-order chi connectivity index (χ0) is 16.1. The number of amides is 1. The molecule has 1 atom stereocenters. The molecule has 0 saturated carbocycles. The third-order valence-corrected chi connectivity index (χ3v) is 4.71. The van der Waals surface area contributed by atoms with E-state index in [-0.39, 0.29) is 24.0 Å². The molecule has 0 aliphatic carbocycles. The lowest BCUT2D eigenvalue weighted by Gasteiger charge is -2.32. The van der Waals surface area contributed by atoms with Crippen molar-refractivity contribution in [2.45, 2.75) is 17.7 Å². The summed E-state index contributed by atoms with van der Waals surface area (Å²) in [5, 5.41) is 14.3. The summed E-state index contributed by atoms with van der Waals surface area (Å²) in [6.45, 7) is 2.31. The first-order valence-corrected chi connectivity index (χ1v) is 8.55. The van der Waals surface area contributed by atoms with Gasteiger partial charge in [-0.25, -0.2) is 0 Å². The maximum absolute atomic E-state index is 12.6. The molecule has 23 heavy (non-hydrogen) atoms. The molecule has 6 nitrogen and oxygen atoms in total. The Morgan fingerprint density at radius 3 is 2.87 bits per heavy atom. The number of carbonyl (C=O) groups is 1. The minimum atomic E-state index is -0.428. The van der Waals surface area contributed by atoms with Crippen LogP contribution in [0.2, 0.25) is 0 Å². The molecule has 1 aliphatic rings. The zero-order valence-electron chi connectivity index (χ0n) is 13.3. The van der Waals surface area contributed by atoms with Crippen molar-refractivity contribution in [1.29, 1.82) is 0 Å². The van der Waals surface area contributed by atoms with Crippen LogP contribution in [-0.4, -0.2) is 48.7 Å². The van der Waals surface area contributed by atoms with Crippen LogP contribution in [-0.2, 0) is 0 Å². The molecule has 1 amide bonds. The summed E-state index contributed by atoms with van der Waals surface area (Å²) in [6.07, 6.45) is 3.87. The molecule has 1 unspecified atom stereocenters. The molecule has 2 rings (SSSR count). The Kier molecular flexibility index (Phi) is 7.81. The molecular weight excluding hydrogens is 338 g/mol. The van der Waals surface area contributed by atoms with Crippen molar-refractivity contribution >= 4 is 35.8 Å². The van der Waals surface area contributed by atoms with Gasteiger partial charge in [-0.05, 0) is 50.7 Å². The van der Waals surface area contributed by atoms with Gasteiger partial charge in [0.15, 0.2) is 0 Å². The fourth-order valence-electron chi connectivity index (χ4n) is 2.85. The quantitative estimate of drug-likeness (QED) is 0.497. The van der Waals surface area contributed by atoms with Gasteiger partial charge < -0.3 is 10.2 Å². The standard InChI is InChI=1S/C15H21N3O3S.ClH/c1-16-9-11-4-3-7-17(10-11)15(19)12-5-6-14(22-2)13(8-12)18(20)21;/h5-6,8,11,16H,3-4,7,9-10H2,1-2H3;1H. The Bertz CT molecular complexity index is 569. The summed E-state index contributed by atoms with van der Waals surface area (Å²) in [4.78, 5) is 25.7. The van der Waals surface area contributed by atoms with Gasteiger partial charge in [0.2, 0.25) is 0 Å². The molecule has 1 heterocycles. The van der Waals surface area contributed by atoms with E-state index in [0.29, 0.717) is 22.9 Å². The Hall–Kier alpha value is -1.31. The van der Waals surface area contributed by atoms with Crippen LogP contribution in [0.3, 0.4) is 0 Å². The first-order valence-electron chi connectivity index (χ1n) is 7.33. The van der Waals surface area contributed by atoms with E-state index in [1.807, 2.05) is 11.9 Å². The third kappa shape index (κ3) is 4.83. The Balaban J connectivity index is 0.00000264. The van der Waals surface area contributed by atoms with E-state index >= 15 is 0 Å². The highest BCUT2D eigenvalue weighted by Crippen LogP contribution is 2.29. The van der Waals surface area contributed by atoms with E-state index < -0.39 is 4.92 Å². The monoisotopic (exact) mass is 359 g/mol. The topological polar surface area (TPSA) is 75.5 Å². The molecule has 0 radical (unpaired) electrons. The minimum absolute atomic E-state index is 0. The van der Waals surface area contributed by atoms with Crippen LogP contribution in [0.15, 0.2) is 23.1 Å². The molecule has 1 aliphatic heterocycles. The van der Waals surface area contributed by atoms with Gasteiger partial charge in [0, 0.05) is 24.7 Å². The van der Waals surface area contributed by atoms with Crippen LogP contribution >= 0.6 is 24.2 Å². The second kappa shape index (κ2) is 9.10. The number of thioether (sulfide) groups is 1. The van der Waals surface area contributed by atoms with Crippen molar-refractivity contribution in [1.82, 2.24) is 10.2 Å². The smallest absolute Gasteiger partial charge is 0.283 e. The second-order valence-electron chi connectivity index (χ2n) is 5.46. The van der Waals surface area contributed by atoms with Crippen LogP contribution in [0.25, 0.3) is 0 Å². The van der Waals surface area contributed by atoms with E-state index in [4.69, 9.17) is 0 Å². The Morgan fingerprint density at radius 1 is 1.52 bits per heavy atom. The van der Waals surface area contributed by atoms with Gasteiger partial charge in [-0.2, -0.15) is 0 Å². The molecule has 1 aromatic carbocycles. The van der Waals surface area contributed by atoms with Gasteiger partial charge in [-0.1, -0.05) is 0 Å². The van der Waals surface area contributed by atoms with Gasteiger partial charge in [0.25, 0.3) is 11.6 Å². The molecule has 0 spiro atoms. The van der Waals surface area contributed by atoms with Crippen LogP contribution < -0.4 is 5.32 Å². The number of carbonyl (C=O) groups excluding carboxylic acids is 1. The average Bonchev–Trinajstić information content (AvgIpc) is 2.54. The fraction of sp³-hybridized carbons (Fsp3) is 0.533. The molecule has 0 bridgehead atoms. The molecule has 1 N–H and O–H groups in total. The van der Waals surface area contributed by atoms with E-state index in [1.54, 1.807) is 18.4 Å². The van der Waals surface area contributed by atoms with Crippen molar-refractivity contribution in [2.75, 3.05) is 32.9 Å². The fourth-order valence-corrected chi connectivity index (χ4v) is 3.40. The third-order valence-electron chi connectivity index (χ3n) is 3.92. The first kappa shape index (κ1) is 19.7. The molecule has 8 heteroatoms. The van der Waals surface area contributed by atoms with E-state index in [0.717, 1.165) is 25.9 Å². The molecule has 1 fully saturated rings. The number of nitro groups is 1. The summed E-state index contributed by atoms with van der Waals surface area (Å²) in [7, 11) is 1.91. The van der Waals surface area contributed by atoms with Crippen LogP contribution in [0.4, 0.5) is 5.69 Å². The summed E-state index contributed by atoms with van der Waals surface area (Å²) >= 11 is 1.31. The van der Waals surface area contributed by atoms with Crippen LogP contribution in [0.1, 0.15) is 23.2 Å². The summed E-state index contributed by atoms with van der Waals surface area (Å²) < 4.78 is 0. The predicted octanol–water partition coefficient (Wildman–Crippen LogP) is 2.81. The van der Waals surface area contributed by atoms with Crippen LogP contribution in [0.5, 0.6) is 0 Å². The molecule has 0 aromatic heterocycles. The van der Waals surface area contributed by atoms with Crippen molar-refractivity contribution in [3.8, 4) is 0 Å². The Labute approximate surface area is 146 Å². The average molecular weight is 360 g/mol. The van der Waals surface area contributed by atoms with Gasteiger partial charge in [-0.3, -0.25) is 14.9 Å². The number of hydrogen-bond acceptors (Lipinski definition) is 5. The minimum Gasteiger partial charge on any atom is -0.338 e. The first-order chi connectivity index (χ1) is 10.6. The number of likely N-dealkylation sites (tertiary alicyclic amines) is 1. The maximum Gasteiger partial charge on any atom is 0.283 e. The highest BCUT2D eigenvalue weighted by Gasteiger charge is 2.25. The highest BCUT2D eigenvalue weighted by molar-refractivity contribution is 7.98.